The van der Waals surface area contributed by atoms with Crippen molar-refractivity contribution in [2.45, 2.75) is 46.6 Å². The van der Waals surface area contributed by atoms with Crippen molar-refractivity contribution >= 4 is 17.9 Å². The first kappa shape index (κ1) is 20.2. The molecule has 0 aromatic heterocycles. The Hall–Kier alpha value is -1.83. The molecule has 0 fully saturated rings. The van der Waals surface area contributed by atoms with Gasteiger partial charge in [-0.1, -0.05) is 13.8 Å². The van der Waals surface area contributed by atoms with Crippen LogP contribution < -0.4 is 10.8 Å². The highest BCUT2D eigenvalue weighted by molar-refractivity contribution is 5.81. The van der Waals surface area contributed by atoms with Gasteiger partial charge in [0.05, 0.1) is 0 Å². The molecule has 0 saturated carbocycles. The lowest BCUT2D eigenvalue weighted by molar-refractivity contribution is -0.153. The maximum absolute atomic E-state index is 12.1. The van der Waals surface area contributed by atoms with Crippen LogP contribution in [0.5, 0.6) is 0 Å². The molecule has 8 nitrogen and oxygen atoms in total. The van der Waals surface area contributed by atoms with Crippen molar-refractivity contribution < 1.29 is 24.3 Å². The van der Waals surface area contributed by atoms with Crippen LogP contribution in [0.25, 0.3) is 0 Å². The molecule has 0 aromatic rings. The first-order chi connectivity index (χ1) is 10.0. The van der Waals surface area contributed by atoms with E-state index in [1.807, 2.05) is 13.8 Å². The fourth-order valence-electron chi connectivity index (χ4n) is 1.65. The molecule has 0 bridgehead atoms. The lowest BCUT2D eigenvalue weighted by Crippen LogP contribution is -2.45. The van der Waals surface area contributed by atoms with Crippen LogP contribution in [-0.4, -0.2) is 53.3 Å². The summed E-state index contributed by atoms with van der Waals surface area (Å²) >= 11 is 0. The van der Waals surface area contributed by atoms with Crippen molar-refractivity contribution in [3.63, 3.8) is 0 Å². The standard InChI is InChI=1S/C14H27N3O5/c1-10(2)9-17(7-6-11(18)16-21)13(20)15-8-12(19)22-14(3,4)5/h10,21H,6-9H2,1-5H3,(H,15,20)(H,16,18). The van der Waals surface area contributed by atoms with Crippen LogP contribution in [-0.2, 0) is 14.3 Å². The van der Waals surface area contributed by atoms with E-state index in [-0.39, 0.29) is 25.4 Å². The molecule has 3 amide bonds. The number of amides is 3. The van der Waals surface area contributed by atoms with E-state index in [1.54, 1.807) is 20.8 Å². The largest absolute Gasteiger partial charge is 0.459 e. The fraction of sp³-hybridized carbons (Fsp3) is 0.786. The van der Waals surface area contributed by atoms with E-state index in [9.17, 15) is 14.4 Å². The Morgan fingerprint density at radius 1 is 1.23 bits per heavy atom. The molecule has 0 rings (SSSR count). The number of hydrogen-bond donors (Lipinski definition) is 3. The number of ether oxygens (including phenoxy) is 1. The predicted octanol–water partition coefficient (Wildman–Crippen LogP) is 0.891. The molecule has 0 atom stereocenters. The summed E-state index contributed by atoms with van der Waals surface area (Å²) in [6, 6.07) is -0.453. The summed E-state index contributed by atoms with van der Waals surface area (Å²) < 4.78 is 5.10. The van der Waals surface area contributed by atoms with Crippen molar-refractivity contribution in [3.8, 4) is 0 Å². The van der Waals surface area contributed by atoms with Crippen molar-refractivity contribution in [1.29, 1.82) is 0 Å². The quantitative estimate of drug-likeness (QED) is 0.367. The van der Waals surface area contributed by atoms with Gasteiger partial charge < -0.3 is 15.0 Å². The van der Waals surface area contributed by atoms with Crippen molar-refractivity contribution in [3.05, 3.63) is 0 Å². The van der Waals surface area contributed by atoms with Crippen molar-refractivity contribution in [2.24, 2.45) is 5.92 Å². The molecule has 22 heavy (non-hydrogen) atoms. The van der Waals surface area contributed by atoms with Gasteiger partial charge in [0.2, 0.25) is 5.91 Å². The van der Waals surface area contributed by atoms with E-state index in [2.05, 4.69) is 5.32 Å². The Morgan fingerprint density at radius 2 is 1.82 bits per heavy atom. The summed E-state index contributed by atoms with van der Waals surface area (Å²) in [5, 5.41) is 10.9. The molecule has 0 aliphatic heterocycles. The van der Waals surface area contributed by atoms with Crippen LogP contribution in [0.3, 0.4) is 0 Å². The molecule has 128 valence electrons. The van der Waals surface area contributed by atoms with Gasteiger partial charge in [-0.15, -0.1) is 0 Å². The van der Waals surface area contributed by atoms with Gasteiger partial charge in [0, 0.05) is 19.5 Å². The SMILES string of the molecule is CC(C)CN(CCC(=O)NO)C(=O)NCC(=O)OC(C)(C)C. The Bertz CT molecular complexity index is 390. The summed E-state index contributed by atoms with van der Waals surface area (Å²) in [5.41, 5.74) is 0.905. The second-order valence-corrected chi connectivity index (χ2v) is 6.37. The third-order valence-corrected chi connectivity index (χ3v) is 2.41. The number of carbonyl (C=O) groups excluding carboxylic acids is 3. The zero-order valence-electron chi connectivity index (χ0n) is 13.9. The zero-order chi connectivity index (χ0) is 17.3. The molecular formula is C14H27N3O5. The van der Waals surface area contributed by atoms with Crippen LogP contribution >= 0.6 is 0 Å². The number of esters is 1. The highest BCUT2D eigenvalue weighted by Gasteiger charge is 2.20. The summed E-state index contributed by atoms with van der Waals surface area (Å²) in [7, 11) is 0. The average molecular weight is 317 g/mol. The molecule has 0 heterocycles. The van der Waals surface area contributed by atoms with Crippen molar-refractivity contribution in [1.82, 2.24) is 15.7 Å². The summed E-state index contributed by atoms with van der Waals surface area (Å²) in [6.07, 6.45) is -0.0247. The second kappa shape index (κ2) is 9.24. The third-order valence-electron chi connectivity index (χ3n) is 2.41. The van der Waals surface area contributed by atoms with Gasteiger partial charge in [-0.05, 0) is 26.7 Å². The van der Waals surface area contributed by atoms with Gasteiger partial charge in [0.15, 0.2) is 0 Å². The molecule has 0 spiro atoms. The van der Waals surface area contributed by atoms with Crippen LogP contribution in [0.1, 0.15) is 41.0 Å². The van der Waals surface area contributed by atoms with E-state index >= 15 is 0 Å². The third kappa shape index (κ3) is 9.98. The zero-order valence-corrected chi connectivity index (χ0v) is 13.9. The number of hydroxylamine groups is 1. The van der Waals surface area contributed by atoms with E-state index < -0.39 is 23.5 Å². The van der Waals surface area contributed by atoms with E-state index in [0.29, 0.717) is 6.54 Å². The number of nitrogens with zero attached hydrogens (tertiary/aromatic N) is 1. The molecule has 0 saturated heterocycles. The Labute approximate surface area is 131 Å². The normalized spacial score (nSPS) is 11.0. The van der Waals surface area contributed by atoms with Gasteiger partial charge >= 0.3 is 12.0 Å². The van der Waals surface area contributed by atoms with E-state index in [4.69, 9.17) is 9.94 Å². The molecule has 0 unspecified atom stereocenters. The fourth-order valence-corrected chi connectivity index (χ4v) is 1.65. The van der Waals surface area contributed by atoms with Gasteiger partial charge in [-0.2, -0.15) is 0 Å². The maximum Gasteiger partial charge on any atom is 0.325 e. The van der Waals surface area contributed by atoms with Crippen LogP contribution in [0.15, 0.2) is 0 Å². The molecule has 0 aromatic carbocycles. The number of rotatable bonds is 7. The summed E-state index contributed by atoms with van der Waals surface area (Å²) in [5.74, 6) is -0.906. The monoisotopic (exact) mass is 317 g/mol. The number of urea groups is 1. The predicted molar refractivity (Wildman–Crippen MR) is 80.2 cm³/mol. The Balaban J connectivity index is 4.44. The minimum Gasteiger partial charge on any atom is -0.459 e. The van der Waals surface area contributed by atoms with E-state index in [0.717, 1.165) is 0 Å². The summed E-state index contributed by atoms with van der Waals surface area (Å²) in [4.78, 5) is 36.1. The molecule has 0 aliphatic rings. The molecular weight excluding hydrogens is 290 g/mol. The number of hydrogen-bond acceptors (Lipinski definition) is 5. The van der Waals surface area contributed by atoms with E-state index in [1.165, 1.54) is 10.4 Å². The van der Waals surface area contributed by atoms with Gasteiger partial charge in [0.1, 0.15) is 12.1 Å². The molecule has 3 N–H and O–H groups in total. The molecule has 0 radical (unpaired) electrons. The van der Waals surface area contributed by atoms with Crippen LogP contribution in [0, 0.1) is 5.92 Å². The molecule has 0 aliphatic carbocycles. The Morgan fingerprint density at radius 3 is 2.27 bits per heavy atom. The van der Waals surface area contributed by atoms with Crippen LogP contribution in [0.4, 0.5) is 4.79 Å². The minimum absolute atomic E-state index is 0.0247. The van der Waals surface area contributed by atoms with Crippen molar-refractivity contribution in [2.75, 3.05) is 19.6 Å². The second-order valence-electron chi connectivity index (χ2n) is 6.37. The highest BCUT2D eigenvalue weighted by atomic mass is 16.6. The van der Waals surface area contributed by atoms with Gasteiger partial charge in [-0.3, -0.25) is 14.8 Å². The number of nitrogens with one attached hydrogen (secondary N) is 2. The first-order valence-electron chi connectivity index (χ1n) is 7.22. The first-order valence-corrected chi connectivity index (χ1v) is 7.22. The average Bonchev–Trinajstić information content (AvgIpc) is 2.37. The minimum atomic E-state index is -0.612. The maximum atomic E-state index is 12.1. The van der Waals surface area contributed by atoms with Gasteiger partial charge in [0.25, 0.3) is 0 Å². The van der Waals surface area contributed by atoms with Gasteiger partial charge in [-0.25, -0.2) is 10.3 Å². The van der Waals surface area contributed by atoms with Crippen LogP contribution in [0.2, 0.25) is 0 Å². The highest BCUT2D eigenvalue weighted by Crippen LogP contribution is 2.06. The topological polar surface area (TPSA) is 108 Å². The lowest BCUT2D eigenvalue weighted by atomic mass is 10.2. The lowest BCUT2D eigenvalue weighted by Gasteiger charge is -2.25. The molecule has 8 heteroatoms. The summed E-state index contributed by atoms with van der Waals surface area (Å²) in [6.45, 7) is 9.42. The Kier molecular flexibility index (Phi) is 8.47. The smallest absolute Gasteiger partial charge is 0.325 e. The number of carbonyl (C=O) groups is 3.